The van der Waals surface area contributed by atoms with Crippen molar-refractivity contribution in [2.75, 3.05) is 18.5 Å². The number of aliphatic hydroxyl groups is 2. The summed E-state index contributed by atoms with van der Waals surface area (Å²) in [5.41, 5.74) is 0.906. The molecule has 3 nitrogen and oxygen atoms in total. The van der Waals surface area contributed by atoms with E-state index in [1.54, 1.807) is 6.92 Å². The lowest BCUT2D eigenvalue weighted by molar-refractivity contribution is 0.105. The SMILES string of the molecule is Cc1c(F)ccc(NCC(O)CO)c1Cl. The summed E-state index contributed by atoms with van der Waals surface area (Å²) in [5, 5.41) is 20.8. The molecule has 0 saturated carbocycles. The van der Waals surface area contributed by atoms with Crippen LogP contribution in [0.4, 0.5) is 10.1 Å². The number of halogens is 2. The van der Waals surface area contributed by atoms with Gasteiger partial charge in [0.2, 0.25) is 0 Å². The molecule has 0 spiro atoms. The molecule has 3 N–H and O–H groups in total. The molecule has 0 radical (unpaired) electrons. The Morgan fingerprint density at radius 2 is 2.20 bits per heavy atom. The number of anilines is 1. The van der Waals surface area contributed by atoms with E-state index in [-0.39, 0.29) is 19.0 Å². The van der Waals surface area contributed by atoms with Gasteiger partial charge in [0, 0.05) is 12.1 Å². The molecule has 1 aromatic rings. The lowest BCUT2D eigenvalue weighted by atomic mass is 10.2. The summed E-state index contributed by atoms with van der Waals surface area (Å²) in [6, 6.07) is 2.80. The highest BCUT2D eigenvalue weighted by atomic mass is 35.5. The predicted molar refractivity (Wildman–Crippen MR) is 57.7 cm³/mol. The van der Waals surface area contributed by atoms with Crippen LogP contribution in [0, 0.1) is 12.7 Å². The van der Waals surface area contributed by atoms with Gasteiger partial charge in [0.15, 0.2) is 0 Å². The van der Waals surface area contributed by atoms with Gasteiger partial charge in [0.1, 0.15) is 5.82 Å². The number of nitrogens with one attached hydrogen (secondary N) is 1. The van der Waals surface area contributed by atoms with Crippen molar-refractivity contribution >= 4 is 17.3 Å². The monoisotopic (exact) mass is 233 g/mol. The quantitative estimate of drug-likeness (QED) is 0.740. The highest BCUT2D eigenvalue weighted by Gasteiger charge is 2.08. The van der Waals surface area contributed by atoms with Crippen molar-refractivity contribution in [3.05, 3.63) is 28.5 Å². The van der Waals surface area contributed by atoms with Crippen LogP contribution in [0.3, 0.4) is 0 Å². The van der Waals surface area contributed by atoms with Crippen LogP contribution < -0.4 is 5.32 Å². The van der Waals surface area contributed by atoms with Crippen molar-refractivity contribution < 1.29 is 14.6 Å². The fourth-order valence-corrected chi connectivity index (χ4v) is 1.31. The zero-order valence-electron chi connectivity index (χ0n) is 8.30. The third-order valence-corrected chi connectivity index (χ3v) is 2.55. The molecule has 0 aromatic heterocycles. The van der Waals surface area contributed by atoms with E-state index in [1.165, 1.54) is 12.1 Å². The van der Waals surface area contributed by atoms with Crippen LogP contribution >= 0.6 is 11.6 Å². The van der Waals surface area contributed by atoms with E-state index in [1.807, 2.05) is 0 Å². The minimum Gasteiger partial charge on any atom is -0.394 e. The predicted octanol–water partition coefficient (Wildman–Crippen LogP) is 1.55. The van der Waals surface area contributed by atoms with Crippen LogP contribution in [0.5, 0.6) is 0 Å². The van der Waals surface area contributed by atoms with Crippen LogP contribution in [-0.4, -0.2) is 29.5 Å². The molecule has 1 atom stereocenters. The van der Waals surface area contributed by atoms with Gasteiger partial charge in [-0.3, -0.25) is 0 Å². The first-order chi connectivity index (χ1) is 7.06. The van der Waals surface area contributed by atoms with E-state index in [9.17, 15) is 4.39 Å². The van der Waals surface area contributed by atoms with Crippen molar-refractivity contribution in [1.29, 1.82) is 0 Å². The second kappa shape index (κ2) is 5.30. The molecule has 0 fully saturated rings. The van der Waals surface area contributed by atoms with Gasteiger partial charge in [-0.2, -0.15) is 0 Å². The number of hydrogen-bond acceptors (Lipinski definition) is 3. The highest BCUT2D eigenvalue weighted by molar-refractivity contribution is 6.34. The molecule has 0 aliphatic rings. The van der Waals surface area contributed by atoms with Crippen molar-refractivity contribution in [1.82, 2.24) is 0 Å². The second-order valence-electron chi connectivity index (χ2n) is 3.25. The summed E-state index contributed by atoms with van der Waals surface area (Å²) in [5.74, 6) is -0.367. The fraction of sp³-hybridized carbons (Fsp3) is 0.400. The van der Waals surface area contributed by atoms with Gasteiger partial charge in [0.25, 0.3) is 0 Å². The summed E-state index contributed by atoms with van der Waals surface area (Å²) >= 11 is 5.88. The van der Waals surface area contributed by atoms with Crippen molar-refractivity contribution in [2.24, 2.45) is 0 Å². The van der Waals surface area contributed by atoms with Crippen molar-refractivity contribution in [3.8, 4) is 0 Å². The first-order valence-corrected chi connectivity index (χ1v) is 4.91. The zero-order chi connectivity index (χ0) is 11.4. The normalized spacial score (nSPS) is 12.6. The van der Waals surface area contributed by atoms with Crippen molar-refractivity contribution in [2.45, 2.75) is 13.0 Å². The maximum Gasteiger partial charge on any atom is 0.127 e. The number of hydrogen-bond donors (Lipinski definition) is 3. The molecule has 0 amide bonds. The largest absolute Gasteiger partial charge is 0.394 e. The van der Waals surface area contributed by atoms with Crippen LogP contribution in [0.15, 0.2) is 12.1 Å². The van der Waals surface area contributed by atoms with E-state index in [4.69, 9.17) is 21.8 Å². The first kappa shape index (κ1) is 12.2. The van der Waals surface area contributed by atoms with Gasteiger partial charge in [-0.1, -0.05) is 11.6 Å². The van der Waals surface area contributed by atoms with Gasteiger partial charge < -0.3 is 15.5 Å². The highest BCUT2D eigenvalue weighted by Crippen LogP contribution is 2.27. The summed E-state index contributed by atoms with van der Waals surface area (Å²) < 4.78 is 13.0. The molecule has 0 bridgehead atoms. The average Bonchev–Trinajstić information content (AvgIpc) is 2.24. The maximum absolute atomic E-state index is 13.0. The summed E-state index contributed by atoms with van der Waals surface area (Å²) in [6.07, 6.45) is -0.855. The summed E-state index contributed by atoms with van der Waals surface area (Å²) in [7, 11) is 0. The Morgan fingerprint density at radius 3 is 2.80 bits per heavy atom. The third-order valence-electron chi connectivity index (χ3n) is 2.06. The Labute approximate surface area is 92.5 Å². The van der Waals surface area contributed by atoms with Gasteiger partial charge >= 0.3 is 0 Å². The minimum absolute atomic E-state index is 0.168. The topological polar surface area (TPSA) is 52.5 Å². The number of rotatable bonds is 4. The van der Waals surface area contributed by atoms with Gasteiger partial charge in [-0.05, 0) is 19.1 Å². The molecule has 0 aliphatic carbocycles. The van der Waals surface area contributed by atoms with E-state index < -0.39 is 6.10 Å². The van der Waals surface area contributed by atoms with Gasteiger partial charge in [-0.15, -0.1) is 0 Å². The zero-order valence-corrected chi connectivity index (χ0v) is 9.05. The Hall–Kier alpha value is -0.840. The summed E-state index contributed by atoms with van der Waals surface area (Å²) in [4.78, 5) is 0. The molecule has 84 valence electrons. The molecule has 1 unspecified atom stereocenters. The third kappa shape index (κ3) is 3.06. The van der Waals surface area contributed by atoms with Gasteiger partial charge in [0.05, 0.1) is 23.4 Å². The molecule has 0 heterocycles. The Bertz CT molecular complexity index is 346. The molecule has 5 heteroatoms. The van der Waals surface area contributed by atoms with E-state index in [0.29, 0.717) is 16.3 Å². The van der Waals surface area contributed by atoms with Crippen LogP contribution in [0.25, 0.3) is 0 Å². The van der Waals surface area contributed by atoms with E-state index >= 15 is 0 Å². The lowest BCUT2D eigenvalue weighted by Crippen LogP contribution is -2.23. The average molecular weight is 234 g/mol. The minimum atomic E-state index is -0.855. The Kier molecular flexibility index (Phi) is 4.32. The molecule has 0 saturated heterocycles. The standard InChI is InChI=1S/C10H13ClFNO2/c1-6-8(12)2-3-9(10(6)11)13-4-7(15)5-14/h2-3,7,13-15H,4-5H2,1H3. The summed E-state index contributed by atoms with van der Waals surface area (Å²) in [6.45, 7) is 1.41. The maximum atomic E-state index is 13.0. The van der Waals surface area contributed by atoms with Crippen LogP contribution in [0.2, 0.25) is 5.02 Å². The lowest BCUT2D eigenvalue weighted by Gasteiger charge is -2.12. The first-order valence-electron chi connectivity index (χ1n) is 4.53. The van der Waals surface area contributed by atoms with Gasteiger partial charge in [-0.25, -0.2) is 4.39 Å². The smallest absolute Gasteiger partial charge is 0.127 e. The Morgan fingerprint density at radius 1 is 1.53 bits per heavy atom. The van der Waals surface area contributed by atoms with Crippen LogP contribution in [0.1, 0.15) is 5.56 Å². The van der Waals surface area contributed by atoms with Crippen LogP contribution in [-0.2, 0) is 0 Å². The Balaban J connectivity index is 2.74. The fourth-order valence-electron chi connectivity index (χ4n) is 1.09. The van der Waals surface area contributed by atoms with Crippen molar-refractivity contribution in [3.63, 3.8) is 0 Å². The molecule has 1 rings (SSSR count). The number of aliphatic hydroxyl groups excluding tert-OH is 2. The molecule has 0 aliphatic heterocycles. The molecular weight excluding hydrogens is 221 g/mol. The molecular formula is C10H13ClFNO2. The van der Waals surface area contributed by atoms with E-state index in [0.717, 1.165) is 0 Å². The number of benzene rings is 1. The second-order valence-corrected chi connectivity index (χ2v) is 3.63. The molecule has 15 heavy (non-hydrogen) atoms. The molecule has 1 aromatic carbocycles. The van der Waals surface area contributed by atoms with E-state index in [2.05, 4.69) is 5.32 Å².